The van der Waals surface area contributed by atoms with E-state index in [4.69, 9.17) is 10.6 Å². The monoisotopic (exact) mass is 515 g/mol. The van der Waals surface area contributed by atoms with Gasteiger partial charge in [-0.05, 0) is 11.6 Å². The molecule has 0 spiro atoms. The first-order chi connectivity index (χ1) is 16.9. The molecule has 3 aromatic heterocycles. The molecule has 1 fully saturated rings. The van der Waals surface area contributed by atoms with E-state index in [1.807, 2.05) is 35.1 Å². The van der Waals surface area contributed by atoms with Gasteiger partial charge in [0.1, 0.15) is 24.2 Å². The van der Waals surface area contributed by atoms with Crippen molar-refractivity contribution in [2.45, 2.75) is 17.8 Å². The van der Waals surface area contributed by atoms with Crippen molar-refractivity contribution in [2.24, 2.45) is 5.16 Å². The van der Waals surface area contributed by atoms with E-state index in [0.717, 1.165) is 22.6 Å². The normalized spacial score (nSPS) is 20.0. The Balaban J connectivity index is 1.37. The van der Waals surface area contributed by atoms with E-state index in [0.29, 0.717) is 17.7 Å². The van der Waals surface area contributed by atoms with E-state index < -0.39 is 29.2 Å². The summed E-state index contributed by atoms with van der Waals surface area (Å²) < 4.78 is 5.79. The van der Waals surface area contributed by atoms with Crippen LogP contribution in [0.25, 0.3) is 5.52 Å². The van der Waals surface area contributed by atoms with Gasteiger partial charge >= 0.3 is 5.97 Å². The highest BCUT2D eigenvalue weighted by Crippen LogP contribution is 2.41. The molecule has 0 radical (unpaired) electrons. The molecule has 2 atom stereocenters. The minimum atomic E-state index is -1.19. The Kier molecular flexibility index (Phi) is 5.86. The van der Waals surface area contributed by atoms with E-state index in [-0.39, 0.29) is 22.4 Å². The van der Waals surface area contributed by atoms with Crippen LogP contribution in [0.3, 0.4) is 0 Å². The first-order valence-electron chi connectivity index (χ1n) is 10.3. The topological polar surface area (TPSA) is 180 Å². The van der Waals surface area contributed by atoms with Gasteiger partial charge in [0.05, 0.1) is 11.8 Å². The fourth-order valence-electron chi connectivity index (χ4n) is 4.05. The van der Waals surface area contributed by atoms with Crippen molar-refractivity contribution < 1.29 is 28.8 Å². The number of carbonyl (C=O) groups excluding carboxylic acids is 2. The summed E-state index contributed by atoms with van der Waals surface area (Å²) in [5.41, 5.74) is 7.73. The van der Waals surface area contributed by atoms with E-state index in [1.165, 1.54) is 23.8 Å². The lowest BCUT2D eigenvalue weighted by molar-refractivity contribution is -0.576. The molecule has 0 aliphatic carbocycles. The summed E-state index contributed by atoms with van der Waals surface area (Å²) in [6, 6.07) is 4.76. The highest BCUT2D eigenvalue weighted by Gasteiger charge is 2.54. The Morgan fingerprint density at radius 3 is 3.00 bits per heavy atom. The number of anilines is 1. The van der Waals surface area contributed by atoms with E-state index in [9.17, 15) is 19.5 Å². The van der Waals surface area contributed by atoms with Crippen molar-refractivity contribution in [3.63, 3.8) is 0 Å². The van der Waals surface area contributed by atoms with Gasteiger partial charge in [-0.15, -0.1) is 11.8 Å². The van der Waals surface area contributed by atoms with Gasteiger partial charge in [-0.1, -0.05) is 9.67 Å². The number of carboxylic acid groups (broad SMARTS) is 1. The zero-order valence-corrected chi connectivity index (χ0v) is 19.8. The van der Waals surface area contributed by atoms with Gasteiger partial charge in [-0.25, -0.2) is 4.79 Å². The molecule has 0 saturated carbocycles. The molecule has 1 saturated heterocycles. The molecule has 2 aliphatic heterocycles. The number of aliphatic carboxylic acids is 1. The van der Waals surface area contributed by atoms with Crippen LogP contribution in [-0.2, 0) is 25.6 Å². The number of nitrogens with one attached hydrogen (secondary N) is 2. The molecular formula is C20H19N8O5S2+. The lowest BCUT2D eigenvalue weighted by Gasteiger charge is -2.49. The summed E-state index contributed by atoms with van der Waals surface area (Å²) in [4.78, 5) is 47.9. The van der Waals surface area contributed by atoms with Gasteiger partial charge in [0.2, 0.25) is 17.1 Å². The number of hydrogen-bond donors (Lipinski definition) is 4. The molecule has 2 amide bonds. The second-order valence-electron chi connectivity index (χ2n) is 7.63. The number of β-lactam (4-membered cyclic amide) rings is 1. The molecular weight excluding hydrogens is 496 g/mol. The van der Waals surface area contributed by atoms with Gasteiger partial charge in [0.25, 0.3) is 11.8 Å². The predicted molar refractivity (Wildman–Crippen MR) is 125 cm³/mol. The number of aromatic amines is 1. The first-order valence-corrected chi connectivity index (χ1v) is 12.1. The minimum Gasteiger partial charge on any atom is -0.477 e. The fraction of sp³-hybridized carbons (Fsp3) is 0.250. The predicted octanol–water partition coefficient (Wildman–Crippen LogP) is -0.481. The SMILES string of the molecule is CO/N=C(\C(=O)N[C@@H]1C(=O)N2C(C(=O)O)=C(Cc3c[nH][n+]4ccccc34)CS[C@@H]12)c1nsc(N)n1. The van der Waals surface area contributed by atoms with Crippen LogP contribution < -0.4 is 15.6 Å². The van der Waals surface area contributed by atoms with E-state index in [1.54, 1.807) is 0 Å². The number of oxime groups is 1. The molecule has 15 heteroatoms. The third-order valence-corrected chi connectivity index (χ3v) is 7.44. The maximum absolute atomic E-state index is 13.0. The molecule has 13 nitrogen and oxygen atoms in total. The number of aromatic nitrogens is 4. The van der Waals surface area contributed by atoms with Crippen LogP contribution in [-0.4, -0.2) is 72.2 Å². The zero-order chi connectivity index (χ0) is 24.7. The Morgan fingerprint density at radius 1 is 1.46 bits per heavy atom. The number of pyridine rings is 1. The van der Waals surface area contributed by atoms with Gasteiger partial charge in [-0.3, -0.25) is 14.5 Å². The quantitative estimate of drug-likeness (QED) is 0.140. The number of nitrogens with two attached hydrogens (primary N) is 1. The average Bonchev–Trinajstić information content (AvgIpc) is 3.46. The lowest BCUT2D eigenvalue weighted by Crippen LogP contribution is -2.71. The standard InChI is InChI=1S/C20H18N8O5S2/c1-33-25-12(15-24-20(21)35-26-15)16(29)23-13-17(30)28-14(19(31)32)10(8-34-18(13)28)6-9-7-22-27-5-3-2-4-11(9)27/h2-5,7,13,18H,6,8H2,1H3,(H4,21,23,24,26,29,31,32)/p+1/b25-12-/t13-,18+/m1/s1. The Bertz CT molecular complexity index is 1410. The fourth-order valence-corrected chi connectivity index (χ4v) is 5.83. The Morgan fingerprint density at radius 2 is 2.29 bits per heavy atom. The maximum atomic E-state index is 13.0. The number of amides is 2. The van der Waals surface area contributed by atoms with Crippen molar-refractivity contribution in [3.05, 3.63) is 53.3 Å². The number of carboxylic acids is 1. The number of H-pyrrole nitrogens is 1. The second-order valence-corrected chi connectivity index (χ2v) is 9.52. The Labute approximate surface area is 205 Å². The number of carbonyl (C=O) groups is 3. The summed E-state index contributed by atoms with van der Waals surface area (Å²) in [7, 11) is 1.26. The molecule has 0 unspecified atom stereocenters. The lowest BCUT2D eigenvalue weighted by atomic mass is 9.99. The van der Waals surface area contributed by atoms with Gasteiger partial charge in [0, 0.05) is 35.8 Å². The maximum Gasteiger partial charge on any atom is 0.352 e. The summed E-state index contributed by atoms with van der Waals surface area (Å²) in [6.07, 6.45) is 4.04. The summed E-state index contributed by atoms with van der Waals surface area (Å²) in [6.45, 7) is 0. The second kappa shape index (κ2) is 8.99. The van der Waals surface area contributed by atoms with Crippen LogP contribution >= 0.6 is 23.3 Å². The van der Waals surface area contributed by atoms with Crippen LogP contribution in [0.4, 0.5) is 5.13 Å². The molecule has 5 N–H and O–H groups in total. The largest absolute Gasteiger partial charge is 0.477 e. The van der Waals surface area contributed by atoms with Crippen LogP contribution in [0.15, 0.2) is 47.0 Å². The van der Waals surface area contributed by atoms with Crippen molar-refractivity contribution in [1.29, 1.82) is 0 Å². The third-order valence-electron chi connectivity index (χ3n) is 5.56. The van der Waals surface area contributed by atoms with Crippen LogP contribution in [0, 0.1) is 0 Å². The van der Waals surface area contributed by atoms with Crippen molar-refractivity contribution in [3.8, 4) is 0 Å². The van der Waals surface area contributed by atoms with Crippen LogP contribution in [0.2, 0.25) is 0 Å². The molecule has 2 aliphatic rings. The van der Waals surface area contributed by atoms with Crippen molar-refractivity contribution in [2.75, 3.05) is 18.6 Å². The number of fused-ring (bicyclic) bond motifs is 2. The van der Waals surface area contributed by atoms with Gasteiger partial charge in [0.15, 0.2) is 11.3 Å². The first kappa shape index (κ1) is 22.8. The highest BCUT2D eigenvalue weighted by molar-refractivity contribution is 8.00. The van der Waals surface area contributed by atoms with Crippen LogP contribution in [0.1, 0.15) is 11.4 Å². The van der Waals surface area contributed by atoms with Crippen molar-refractivity contribution >= 4 is 57.4 Å². The van der Waals surface area contributed by atoms with Crippen molar-refractivity contribution in [1.82, 2.24) is 24.7 Å². The summed E-state index contributed by atoms with van der Waals surface area (Å²) in [5, 5.41) is 18.9. The van der Waals surface area contributed by atoms with Gasteiger partial charge in [-0.2, -0.15) is 14.5 Å². The summed E-state index contributed by atoms with van der Waals surface area (Å²) in [5.74, 6) is -2.10. The summed E-state index contributed by atoms with van der Waals surface area (Å²) >= 11 is 2.27. The van der Waals surface area contributed by atoms with E-state index >= 15 is 0 Å². The van der Waals surface area contributed by atoms with Gasteiger partial charge < -0.3 is 21.0 Å². The average molecular weight is 516 g/mol. The van der Waals surface area contributed by atoms with Crippen LogP contribution in [0.5, 0.6) is 0 Å². The number of hydrogen-bond acceptors (Lipinski definition) is 10. The Hall–Kier alpha value is -3.98. The third kappa shape index (κ3) is 3.97. The molecule has 0 bridgehead atoms. The number of nitrogen functional groups attached to an aromatic ring is 1. The zero-order valence-electron chi connectivity index (χ0n) is 18.2. The number of thioether (sulfide) groups is 1. The smallest absolute Gasteiger partial charge is 0.352 e. The highest BCUT2D eigenvalue weighted by atomic mass is 32.2. The molecule has 0 aromatic carbocycles. The molecule has 3 aromatic rings. The molecule has 5 heterocycles. The molecule has 180 valence electrons. The van der Waals surface area contributed by atoms with E-state index in [2.05, 4.69) is 24.9 Å². The number of nitrogens with zero attached hydrogens (tertiary/aromatic N) is 5. The molecule has 35 heavy (non-hydrogen) atoms. The molecule has 5 rings (SSSR count). The minimum absolute atomic E-state index is 0.0308. The number of rotatable bonds is 7.